The minimum atomic E-state index is -1.63. The average molecular weight is 605 g/mol. The molecule has 0 radical (unpaired) electrons. The summed E-state index contributed by atoms with van der Waals surface area (Å²) in [5.41, 5.74) is -2.56. The Bertz CT molecular complexity index is 1610. The summed E-state index contributed by atoms with van der Waals surface area (Å²) >= 11 is 0.921. The topological polar surface area (TPSA) is 142 Å². The highest BCUT2D eigenvalue weighted by atomic mass is 32.1. The van der Waals surface area contributed by atoms with E-state index in [2.05, 4.69) is 5.32 Å². The number of carbonyl (C=O) groups is 2. The molecule has 11 nitrogen and oxygen atoms in total. The third-order valence-electron chi connectivity index (χ3n) is 6.68. The number of benzene rings is 1. The molecule has 0 saturated carbocycles. The Hall–Kier alpha value is -3.84. The first kappa shape index (κ1) is 32.7. The van der Waals surface area contributed by atoms with E-state index in [1.54, 1.807) is 27.7 Å². The molecule has 228 valence electrons. The van der Waals surface area contributed by atoms with E-state index in [0.29, 0.717) is 16.9 Å². The molecule has 0 unspecified atom stereocenters. The number of nitrogens with zero attached hydrogens (tertiary/aromatic N) is 2. The molecular formula is C29H37FN4O7S. The Morgan fingerprint density at radius 3 is 2.52 bits per heavy atom. The molecule has 2 heterocycles. The molecule has 0 aliphatic heterocycles. The lowest BCUT2D eigenvalue weighted by Gasteiger charge is -2.28. The number of hydrogen-bond donors (Lipinski definition) is 2. The van der Waals surface area contributed by atoms with Gasteiger partial charge in [0.25, 0.3) is 5.56 Å². The molecule has 1 aromatic carbocycles. The highest BCUT2D eigenvalue weighted by molar-refractivity contribution is 7.20. The predicted octanol–water partition coefficient (Wildman–Crippen LogP) is 3.91. The largest absolute Gasteiger partial charge is 0.496 e. The van der Waals surface area contributed by atoms with Crippen LogP contribution in [0.15, 0.2) is 27.8 Å². The maximum Gasteiger partial charge on any atom is 0.348 e. The van der Waals surface area contributed by atoms with Gasteiger partial charge in [0.15, 0.2) is 0 Å². The van der Waals surface area contributed by atoms with Crippen LogP contribution in [0, 0.1) is 18.2 Å². The summed E-state index contributed by atoms with van der Waals surface area (Å²) in [5, 5.41) is 10.2. The van der Waals surface area contributed by atoms with Gasteiger partial charge in [0.05, 0.1) is 32.3 Å². The summed E-state index contributed by atoms with van der Waals surface area (Å²) in [4.78, 5) is 54.6. The average Bonchev–Trinajstić information content (AvgIpc) is 3.27. The quantitative estimate of drug-likeness (QED) is 0.171. The van der Waals surface area contributed by atoms with Gasteiger partial charge in [-0.3, -0.25) is 14.2 Å². The van der Waals surface area contributed by atoms with Crippen molar-refractivity contribution in [1.29, 1.82) is 5.41 Å². The van der Waals surface area contributed by atoms with Gasteiger partial charge in [0.2, 0.25) is 5.91 Å². The molecule has 0 fully saturated rings. The van der Waals surface area contributed by atoms with Gasteiger partial charge >= 0.3 is 11.7 Å². The van der Waals surface area contributed by atoms with E-state index in [1.165, 1.54) is 43.7 Å². The van der Waals surface area contributed by atoms with Crippen LogP contribution in [0.1, 0.15) is 67.9 Å². The smallest absolute Gasteiger partial charge is 0.348 e. The number of aromatic nitrogens is 2. The zero-order valence-electron chi connectivity index (χ0n) is 24.8. The fourth-order valence-electron chi connectivity index (χ4n) is 4.56. The molecule has 0 saturated heterocycles. The number of carbonyl (C=O) groups excluding carboxylic acids is 2. The van der Waals surface area contributed by atoms with Crippen molar-refractivity contribution in [3.05, 3.63) is 60.9 Å². The minimum absolute atomic E-state index is 0.0746. The third-order valence-corrected chi connectivity index (χ3v) is 7.97. The Kier molecular flexibility index (Phi) is 10.4. The van der Waals surface area contributed by atoms with Crippen LogP contribution in [0.4, 0.5) is 4.39 Å². The first-order valence-corrected chi connectivity index (χ1v) is 14.3. The second-order valence-electron chi connectivity index (χ2n) is 10.4. The zero-order valence-corrected chi connectivity index (χ0v) is 25.6. The van der Waals surface area contributed by atoms with Crippen LogP contribution in [0.25, 0.3) is 10.2 Å². The van der Waals surface area contributed by atoms with Crippen molar-refractivity contribution in [3.8, 4) is 5.75 Å². The zero-order chi connectivity index (χ0) is 31.4. The molecule has 1 atom stereocenters. The number of halogens is 1. The van der Waals surface area contributed by atoms with Crippen molar-refractivity contribution in [2.45, 2.75) is 72.2 Å². The molecule has 0 spiro atoms. The number of methoxy groups -OCH3 is 1. The molecule has 0 aliphatic carbocycles. The molecular weight excluding hydrogens is 567 g/mol. The lowest BCUT2D eigenvalue weighted by molar-refractivity contribution is -0.129. The Balaban J connectivity index is 2.39. The number of fused-ring (bicyclic) bond motifs is 1. The first-order chi connectivity index (χ1) is 19.8. The molecule has 1 amide bonds. The second-order valence-corrected chi connectivity index (χ2v) is 11.4. The minimum Gasteiger partial charge on any atom is -0.496 e. The van der Waals surface area contributed by atoms with Crippen LogP contribution in [-0.4, -0.2) is 53.6 Å². The number of esters is 1. The third kappa shape index (κ3) is 6.46. The normalized spacial score (nSPS) is 12.4. The summed E-state index contributed by atoms with van der Waals surface area (Å²) in [5.74, 6) is -1.45. The summed E-state index contributed by atoms with van der Waals surface area (Å²) in [6.07, 6.45) is 0.448. The highest BCUT2D eigenvalue weighted by Crippen LogP contribution is 2.33. The van der Waals surface area contributed by atoms with Gasteiger partial charge in [-0.25, -0.2) is 18.5 Å². The van der Waals surface area contributed by atoms with Gasteiger partial charge in [0, 0.05) is 18.0 Å². The first-order valence-electron chi connectivity index (χ1n) is 13.5. The molecule has 2 N–H and O–H groups in total. The van der Waals surface area contributed by atoms with E-state index < -0.39 is 40.6 Å². The highest BCUT2D eigenvalue weighted by Gasteiger charge is 2.36. The molecule has 42 heavy (non-hydrogen) atoms. The van der Waals surface area contributed by atoms with Gasteiger partial charge < -0.3 is 24.9 Å². The maximum absolute atomic E-state index is 14.4. The van der Waals surface area contributed by atoms with Gasteiger partial charge in [-0.2, -0.15) is 0 Å². The molecule has 3 rings (SSSR count). The van der Waals surface area contributed by atoms with E-state index >= 15 is 0 Å². The van der Waals surface area contributed by atoms with Crippen LogP contribution < -0.4 is 21.3 Å². The summed E-state index contributed by atoms with van der Waals surface area (Å²) < 4.78 is 33.3. The van der Waals surface area contributed by atoms with Crippen LogP contribution in [-0.2, 0) is 26.4 Å². The van der Waals surface area contributed by atoms with Crippen LogP contribution in [0.5, 0.6) is 5.75 Å². The predicted molar refractivity (Wildman–Crippen MR) is 159 cm³/mol. The molecule has 0 aliphatic rings. The number of amides is 1. The fraction of sp³-hybridized carbons (Fsp3) is 0.483. The number of aryl methyl sites for hydroxylation is 1. The number of ether oxygens (including phenoxy) is 3. The Morgan fingerprint density at radius 2 is 1.93 bits per heavy atom. The van der Waals surface area contributed by atoms with E-state index in [9.17, 15) is 23.6 Å². The van der Waals surface area contributed by atoms with Crippen LogP contribution >= 0.6 is 11.3 Å². The number of thiophene rings is 1. The summed E-state index contributed by atoms with van der Waals surface area (Å²) in [6.45, 7) is 9.64. The van der Waals surface area contributed by atoms with Crippen molar-refractivity contribution in [3.63, 3.8) is 0 Å². The van der Waals surface area contributed by atoms with Gasteiger partial charge in [-0.15, -0.1) is 11.3 Å². The van der Waals surface area contributed by atoms with Crippen LogP contribution in [0.3, 0.4) is 0 Å². The van der Waals surface area contributed by atoms with Gasteiger partial charge in [-0.05, 0) is 71.5 Å². The molecule has 3 aromatic rings. The van der Waals surface area contributed by atoms with Crippen molar-refractivity contribution in [2.24, 2.45) is 0 Å². The molecule has 0 bridgehead atoms. The van der Waals surface area contributed by atoms with Gasteiger partial charge in [-0.1, -0.05) is 0 Å². The van der Waals surface area contributed by atoms with Crippen LogP contribution in [0.2, 0.25) is 0 Å². The van der Waals surface area contributed by atoms with Crippen molar-refractivity contribution in [1.82, 2.24) is 14.5 Å². The van der Waals surface area contributed by atoms with E-state index in [-0.39, 0.29) is 47.3 Å². The second kappa shape index (κ2) is 13.4. The lowest BCUT2D eigenvalue weighted by Crippen LogP contribution is -2.56. The fourth-order valence-corrected chi connectivity index (χ4v) is 5.76. The standard InChI is InChI=1S/C29H37FN4O7S/c1-8-40-26(36)23-17(4)22-24(35)34(29(5,6)27(37)32-16(2)3)28(38)33(25(22)42-23)15-21(41-13-9-12-31)19-14-18(30)10-11-20(19)39-7/h10-12,14,16,21,31H,8-9,13,15H2,1-7H3,(H,32,37)/t21-/m0/s1. The van der Waals surface area contributed by atoms with Crippen molar-refractivity contribution < 1.29 is 28.2 Å². The van der Waals surface area contributed by atoms with Crippen molar-refractivity contribution in [2.75, 3.05) is 20.3 Å². The van der Waals surface area contributed by atoms with Gasteiger partial charge in [0.1, 0.15) is 32.9 Å². The van der Waals surface area contributed by atoms with E-state index in [1.807, 2.05) is 0 Å². The van der Waals surface area contributed by atoms with E-state index in [4.69, 9.17) is 19.6 Å². The SMILES string of the molecule is CCOC(=O)c1sc2c(c1C)c(=O)n(C(C)(C)C(=O)NC(C)C)c(=O)n2C[C@H](OCCC=N)c1cc(F)ccc1OC. The summed E-state index contributed by atoms with van der Waals surface area (Å²) in [7, 11) is 1.42. The number of nitrogens with one attached hydrogen (secondary N) is 2. The maximum atomic E-state index is 14.4. The van der Waals surface area contributed by atoms with Crippen molar-refractivity contribution >= 4 is 39.6 Å². The molecule has 13 heteroatoms. The monoisotopic (exact) mass is 604 g/mol. The molecule has 2 aromatic heterocycles. The Labute approximate surface area is 246 Å². The Morgan fingerprint density at radius 1 is 1.24 bits per heavy atom. The number of hydrogen-bond acceptors (Lipinski definition) is 9. The lowest BCUT2D eigenvalue weighted by atomic mass is 10.0. The summed E-state index contributed by atoms with van der Waals surface area (Å²) in [6, 6.07) is 3.63. The van der Waals surface area contributed by atoms with E-state index in [0.717, 1.165) is 22.1 Å². The number of rotatable bonds is 13.